The molecule has 100 valence electrons. The van der Waals surface area contributed by atoms with E-state index in [9.17, 15) is 14.4 Å². The molecule has 2 rings (SSSR count). The van der Waals surface area contributed by atoms with E-state index in [1.165, 1.54) is 4.90 Å². The molecule has 0 aromatic carbocycles. The Balaban J connectivity index is 2.03. The van der Waals surface area contributed by atoms with Crippen LogP contribution in [0.25, 0.3) is 0 Å². The van der Waals surface area contributed by atoms with E-state index >= 15 is 0 Å². The summed E-state index contributed by atoms with van der Waals surface area (Å²) in [6.07, 6.45) is 0.668. The third-order valence-corrected chi connectivity index (χ3v) is 3.34. The first-order valence-corrected chi connectivity index (χ1v) is 6.20. The smallest absolute Gasteiger partial charge is 0.324 e. The highest BCUT2D eigenvalue weighted by molar-refractivity contribution is 6.02. The molecule has 1 N–H and O–H groups in total. The van der Waals surface area contributed by atoms with Crippen LogP contribution in [0.4, 0.5) is 4.79 Å². The number of urea groups is 1. The molecular formula is C12H19N3O3. The second kappa shape index (κ2) is 4.26. The van der Waals surface area contributed by atoms with E-state index in [4.69, 9.17) is 0 Å². The molecule has 0 bridgehead atoms. The van der Waals surface area contributed by atoms with Gasteiger partial charge in [-0.25, -0.2) is 4.79 Å². The van der Waals surface area contributed by atoms with E-state index in [0.29, 0.717) is 19.5 Å². The van der Waals surface area contributed by atoms with E-state index in [2.05, 4.69) is 5.32 Å². The van der Waals surface area contributed by atoms with Crippen molar-refractivity contribution in [2.24, 2.45) is 5.41 Å². The molecule has 2 aliphatic heterocycles. The first kappa shape index (κ1) is 12.9. The lowest BCUT2D eigenvalue weighted by Crippen LogP contribution is -2.44. The van der Waals surface area contributed by atoms with E-state index in [0.717, 1.165) is 0 Å². The molecule has 2 aliphatic rings. The van der Waals surface area contributed by atoms with Gasteiger partial charge in [0.15, 0.2) is 0 Å². The van der Waals surface area contributed by atoms with Gasteiger partial charge in [0.25, 0.3) is 0 Å². The van der Waals surface area contributed by atoms with Crippen LogP contribution in [0.5, 0.6) is 0 Å². The fraction of sp³-hybridized carbons (Fsp3) is 0.750. The van der Waals surface area contributed by atoms with Crippen molar-refractivity contribution in [1.82, 2.24) is 15.1 Å². The topological polar surface area (TPSA) is 69.7 Å². The van der Waals surface area contributed by atoms with Crippen molar-refractivity contribution >= 4 is 17.8 Å². The van der Waals surface area contributed by atoms with Crippen molar-refractivity contribution in [2.45, 2.75) is 33.2 Å². The van der Waals surface area contributed by atoms with Crippen molar-refractivity contribution in [3.8, 4) is 0 Å². The van der Waals surface area contributed by atoms with Crippen LogP contribution in [0, 0.1) is 5.41 Å². The summed E-state index contributed by atoms with van der Waals surface area (Å²) in [5, 5.41) is 2.50. The minimum atomic E-state index is -0.424. The highest BCUT2D eigenvalue weighted by Gasteiger charge is 2.41. The van der Waals surface area contributed by atoms with Gasteiger partial charge in [0, 0.05) is 18.5 Å². The Bertz CT molecular complexity index is 384. The van der Waals surface area contributed by atoms with Crippen molar-refractivity contribution in [3.63, 3.8) is 0 Å². The summed E-state index contributed by atoms with van der Waals surface area (Å²) in [5.74, 6) is -0.132. The quantitative estimate of drug-likeness (QED) is 0.678. The number of likely N-dealkylation sites (tertiary alicyclic amines) is 1. The number of hydrogen-bond donors (Lipinski definition) is 1. The van der Waals surface area contributed by atoms with Crippen molar-refractivity contribution in [1.29, 1.82) is 0 Å². The molecule has 4 amide bonds. The summed E-state index contributed by atoms with van der Waals surface area (Å²) in [5.41, 5.74) is -0.424. The highest BCUT2D eigenvalue weighted by atomic mass is 16.2. The summed E-state index contributed by atoms with van der Waals surface area (Å²) in [4.78, 5) is 38.2. The summed E-state index contributed by atoms with van der Waals surface area (Å²) in [6, 6.07) is -0.513. The van der Waals surface area contributed by atoms with E-state index in [1.54, 1.807) is 4.90 Å². The lowest BCUT2D eigenvalue weighted by Gasteiger charge is -2.26. The molecule has 0 aliphatic carbocycles. The molecule has 2 heterocycles. The standard InChI is InChI=1S/C12H19N3O3/c1-12(2,3)10(17)14-5-4-8(7-14)15-9(16)6-13-11(15)18/h8H,4-7H2,1-3H3,(H,13,18)/t8-/m0/s1. The van der Waals surface area contributed by atoms with Gasteiger partial charge in [-0.05, 0) is 6.42 Å². The van der Waals surface area contributed by atoms with E-state index < -0.39 is 5.41 Å². The maximum Gasteiger partial charge on any atom is 0.324 e. The largest absolute Gasteiger partial charge is 0.340 e. The van der Waals surface area contributed by atoms with Crippen LogP contribution >= 0.6 is 0 Å². The maximum atomic E-state index is 12.1. The molecule has 0 aromatic heterocycles. The second-order valence-electron chi connectivity index (χ2n) is 5.87. The molecular weight excluding hydrogens is 234 g/mol. The zero-order valence-corrected chi connectivity index (χ0v) is 11.0. The van der Waals surface area contributed by atoms with Gasteiger partial charge in [0.1, 0.15) is 0 Å². The van der Waals surface area contributed by atoms with Gasteiger partial charge >= 0.3 is 6.03 Å². The van der Waals surface area contributed by atoms with Gasteiger partial charge in [0.2, 0.25) is 11.8 Å². The zero-order valence-electron chi connectivity index (χ0n) is 11.0. The fourth-order valence-corrected chi connectivity index (χ4v) is 2.42. The second-order valence-corrected chi connectivity index (χ2v) is 5.87. The minimum Gasteiger partial charge on any atom is -0.340 e. The number of carbonyl (C=O) groups excluding carboxylic acids is 3. The summed E-state index contributed by atoms with van der Waals surface area (Å²) < 4.78 is 0. The highest BCUT2D eigenvalue weighted by Crippen LogP contribution is 2.24. The Hall–Kier alpha value is -1.59. The average molecular weight is 253 g/mol. The first-order valence-electron chi connectivity index (χ1n) is 6.20. The van der Waals surface area contributed by atoms with Crippen LogP contribution < -0.4 is 5.32 Å². The van der Waals surface area contributed by atoms with Crippen LogP contribution in [0.1, 0.15) is 27.2 Å². The number of carbonyl (C=O) groups is 3. The maximum absolute atomic E-state index is 12.1. The molecule has 0 radical (unpaired) electrons. The normalized spacial score (nSPS) is 24.7. The zero-order chi connectivity index (χ0) is 13.5. The molecule has 6 nitrogen and oxygen atoms in total. The van der Waals surface area contributed by atoms with Crippen molar-refractivity contribution in [2.75, 3.05) is 19.6 Å². The van der Waals surface area contributed by atoms with Crippen LogP contribution in [0.3, 0.4) is 0 Å². The lowest BCUT2D eigenvalue weighted by atomic mass is 9.95. The third kappa shape index (κ3) is 2.19. The van der Waals surface area contributed by atoms with Gasteiger partial charge in [-0.3, -0.25) is 14.5 Å². The molecule has 1 atom stereocenters. The van der Waals surface area contributed by atoms with Gasteiger partial charge in [0.05, 0.1) is 12.6 Å². The molecule has 18 heavy (non-hydrogen) atoms. The Morgan fingerprint density at radius 2 is 2.00 bits per heavy atom. The van der Waals surface area contributed by atoms with E-state index in [-0.39, 0.29) is 30.4 Å². The van der Waals surface area contributed by atoms with Gasteiger partial charge in [-0.15, -0.1) is 0 Å². The van der Waals surface area contributed by atoms with Crippen LogP contribution in [0.2, 0.25) is 0 Å². The number of nitrogens with zero attached hydrogens (tertiary/aromatic N) is 2. The first-order chi connectivity index (χ1) is 8.30. The Morgan fingerprint density at radius 1 is 1.33 bits per heavy atom. The SMILES string of the molecule is CC(C)(C)C(=O)N1CC[C@H](N2C(=O)CNC2=O)C1. The van der Waals surface area contributed by atoms with E-state index in [1.807, 2.05) is 20.8 Å². The molecule has 6 heteroatoms. The molecule has 0 spiro atoms. The van der Waals surface area contributed by atoms with Crippen molar-refractivity contribution in [3.05, 3.63) is 0 Å². The Labute approximate surface area is 106 Å². The molecule has 0 saturated carbocycles. The Kier molecular flexibility index (Phi) is 3.04. The lowest BCUT2D eigenvalue weighted by molar-refractivity contribution is -0.139. The predicted molar refractivity (Wildman–Crippen MR) is 64.7 cm³/mol. The summed E-state index contributed by atoms with van der Waals surface area (Å²) in [7, 11) is 0. The number of nitrogens with one attached hydrogen (secondary N) is 1. The third-order valence-electron chi connectivity index (χ3n) is 3.34. The molecule has 0 unspecified atom stereocenters. The number of imide groups is 1. The van der Waals surface area contributed by atoms with Crippen molar-refractivity contribution < 1.29 is 14.4 Å². The Morgan fingerprint density at radius 3 is 2.50 bits per heavy atom. The predicted octanol–water partition coefficient (Wildman–Crippen LogP) is 0.185. The van der Waals surface area contributed by atoms with Crippen LogP contribution in [-0.2, 0) is 9.59 Å². The molecule has 2 saturated heterocycles. The van der Waals surface area contributed by atoms with Gasteiger partial charge in [-0.2, -0.15) is 0 Å². The van der Waals surface area contributed by atoms with Crippen LogP contribution in [0.15, 0.2) is 0 Å². The summed E-state index contributed by atoms with van der Waals surface area (Å²) >= 11 is 0. The minimum absolute atomic E-state index is 0.0667. The number of hydrogen-bond acceptors (Lipinski definition) is 3. The number of rotatable bonds is 1. The number of amides is 4. The van der Waals surface area contributed by atoms with Crippen LogP contribution in [-0.4, -0.2) is 53.3 Å². The monoisotopic (exact) mass is 253 g/mol. The average Bonchev–Trinajstić information content (AvgIpc) is 2.83. The molecule has 2 fully saturated rings. The fourth-order valence-electron chi connectivity index (χ4n) is 2.42. The molecule has 0 aromatic rings. The van der Waals surface area contributed by atoms with Gasteiger partial charge in [-0.1, -0.05) is 20.8 Å². The summed E-state index contributed by atoms with van der Waals surface area (Å²) in [6.45, 7) is 6.75. The van der Waals surface area contributed by atoms with Gasteiger partial charge < -0.3 is 10.2 Å².